The molecule has 0 bridgehead atoms. The second-order valence-corrected chi connectivity index (χ2v) is 11.6. The molecule has 0 aliphatic carbocycles. The predicted molar refractivity (Wildman–Crippen MR) is 179 cm³/mol. The molecule has 1 aliphatic heterocycles. The van der Waals surface area contributed by atoms with Crippen molar-refractivity contribution in [1.82, 2.24) is 53.0 Å². The molecule has 1 unspecified atom stereocenters. The van der Waals surface area contributed by atoms with Crippen LogP contribution in [0.25, 0.3) is 44.7 Å². The first-order valence-corrected chi connectivity index (χ1v) is 15.0. The maximum Gasteiger partial charge on any atom is 0.240 e. The van der Waals surface area contributed by atoms with Gasteiger partial charge in [-0.2, -0.15) is 4.98 Å². The fraction of sp³-hybridized carbons (Fsp3) is 0.0909. The average molecular weight is 617 g/mol. The zero-order chi connectivity index (χ0) is 31.2. The highest BCUT2D eigenvalue weighted by Crippen LogP contribution is 2.44. The van der Waals surface area contributed by atoms with Crippen LogP contribution >= 0.6 is 0 Å². The van der Waals surface area contributed by atoms with Crippen LogP contribution in [0.15, 0.2) is 91.2 Å². The van der Waals surface area contributed by atoms with Crippen LogP contribution < -0.4 is 10.6 Å². The third-order valence-electron chi connectivity index (χ3n) is 8.85. The Morgan fingerprint density at radius 2 is 1.43 bits per heavy atom. The smallest absolute Gasteiger partial charge is 0.240 e. The lowest BCUT2D eigenvalue weighted by atomic mass is 9.93. The summed E-state index contributed by atoms with van der Waals surface area (Å²) in [5, 5.41) is 8.96. The van der Waals surface area contributed by atoms with Gasteiger partial charge in [0.05, 0.1) is 64.6 Å². The number of aliphatic imine (C=N–C) groups is 1. The van der Waals surface area contributed by atoms with Gasteiger partial charge in [0.25, 0.3) is 0 Å². The summed E-state index contributed by atoms with van der Waals surface area (Å²) in [5.74, 6) is 3.23. The minimum Gasteiger partial charge on any atom is -0.340 e. The van der Waals surface area contributed by atoms with Crippen molar-refractivity contribution in [2.75, 3.05) is 10.6 Å². The molecule has 14 nitrogen and oxygen atoms in total. The van der Waals surface area contributed by atoms with Crippen molar-refractivity contribution < 1.29 is 0 Å². The molecule has 10 rings (SSSR count). The molecule has 3 aromatic carbocycles. The van der Waals surface area contributed by atoms with Crippen LogP contribution in [0.1, 0.15) is 17.2 Å². The van der Waals surface area contributed by atoms with E-state index in [9.17, 15) is 0 Å². The van der Waals surface area contributed by atoms with Crippen molar-refractivity contribution in [2.45, 2.75) is 5.92 Å². The molecule has 0 spiro atoms. The summed E-state index contributed by atoms with van der Waals surface area (Å²) in [6.07, 6.45) is 12.4. The van der Waals surface area contributed by atoms with Crippen LogP contribution in [0.5, 0.6) is 0 Å². The summed E-state index contributed by atoms with van der Waals surface area (Å²) in [6.45, 7) is 0. The Bertz CT molecular complexity index is 2690. The molecule has 2 N–H and O–H groups in total. The van der Waals surface area contributed by atoms with Crippen LogP contribution in [0.2, 0.25) is 0 Å². The predicted octanol–water partition coefficient (Wildman–Crippen LogP) is 5.40. The summed E-state index contributed by atoms with van der Waals surface area (Å²) in [4.78, 5) is 37.4. The minimum atomic E-state index is -0.216. The highest BCUT2D eigenvalue weighted by atomic mass is 15.2. The summed E-state index contributed by atoms with van der Waals surface area (Å²) < 4.78 is 7.82. The van der Waals surface area contributed by atoms with E-state index in [1.807, 2.05) is 75.1 Å². The van der Waals surface area contributed by atoms with Gasteiger partial charge in [-0.25, -0.2) is 34.3 Å². The number of hydrogen-bond acceptors (Lipinski definition) is 10. The fourth-order valence-corrected chi connectivity index (χ4v) is 6.63. The van der Waals surface area contributed by atoms with Gasteiger partial charge in [0.1, 0.15) is 24.3 Å². The third kappa shape index (κ3) is 3.66. The van der Waals surface area contributed by atoms with Gasteiger partial charge in [-0.05, 0) is 30.3 Å². The third-order valence-corrected chi connectivity index (χ3v) is 8.85. The molecule has 6 aromatic heterocycles. The summed E-state index contributed by atoms with van der Waals surface area (Å²) >= 11 is 0. The maximum absolute atomic E-state index is 5.12. The molecule has 14 heteroatoms. The lowest BCUT2D eigenvalue weighted by Gasteiger charge is -2.18. The second-order valence-electron chi connectivity index (χ2n) is 11.6. The number of aryl methyl sites for hydroxylation is 2. The Morgan fingerprint density at radius 3 is 2.21 bits per heavy atom. The zero-order valence-corrected chi connectivity index (χ0v) is 25.1. The van der Waals surface area contributed by atoms with Crippen molar-refractivity contribution >= 4 is 73.8 Å². The number of hydrogen-bond donors (Lipinski definition) is 2. The number of nitrogens with one attached hydrogen (secondary N) is 2. The number of benzene rings is 2. The molecule has 1 atom stereocenters. The molecule has 9 aromatic rings. The molecule has 0 saturated carbocycles. The standard InChI is InChI=1S/C33H24N14/c1-44-15-34-12-25(44)40-22-6-3-5-21-27(22)20(11-36-21)28-18-9-10-19-29(18)47-32(42-28)37-14-38-33(47)43-31(19)46-17-39-23-7-4-8-24(30(23)46)41-26-13-35-16-45(26)2/h3-17,20,40-41H,1-2H3. The number of nitrogens with zero attached hydrogens (tertiary/aromatic N) is 12. The van der Waals surface area contributed by atoms with Crippen molar-refractivity contribution in [3.8, 4) is 5.82 Å². The average Bonchev–Trinajstić information content (AvgIpc) is 3.93. The van der Waals surface area contributed by atoms with Crippen molar-refractivity contribution in [3.05, 3.63) is 97.5 Å². The number of anilines is 4. The minimum absolute atomic E-state index is 0.216. The molecule has 7 heterocycles. The van der Waals surface area contributed by atoms with Crippen LogP contribution in [0, 0.1) is 0 Å². The lowest BCUT2D eigenvalue weighted by molar-refractivity contribution is 0.919. The highest BCUT2D eigenvalue weighted by molar-refractivity contribution is 6.07. The molecule has 0 amide bonds. The quantitative estimate of drug-likeness (QED) is 0.251. The molecule has 226 valence electrons. The fourth-order valence-electron chi connectivity index (χ4n) is 6.63. The van der Waals surface area contributed by atoms with E-state index in [-0.39, 0.29) is 5.92 Å². The maximum atomic E-state index is 5.12. The highest BCUT2D eigenvalue weighted by Gasteiger charge is 2.30. The van der Waals surface area contributed by atoms with E-state index in [0.29, 0.717) is 17.4 Å². The number of aromatic nitrogens is 11. The van der Waals surface area contributed by atoms with E-state index in [1.54, 1.807) is 25.0 Å². The van der Waals surface area contributed by atoms with Crippen molar-refractivity contribution in [2.24, 2.45) is 19.1 Å². The van der Waals surface area contributed by atoms with E-state index >= 15 is 0 Å². The topological polar surface area (TPSA) is 146 Å². The van der Waals surface area contributed by atoms with Crippen molar-refractivity contribution in [3.63, 3.8) is 0 Å². The van der Waals surface area contributed by atoms with Gasteiger partial charge in [-0.3, -0.25) is 9.56 Å². The molecule has 0 radical (unpaired) electrons. The first kappa shape index (κ1) is 25.6. The molecular formula is C33H24N14. The summed E-state index contributed by atoms with van der Waals surface area (Å²) in [6, 6.07) is 16.3. The molecule has 47 heavy (non-hydrogen) atoms. The number of rotatable bonds is 6. The Morgan fingerprint density at radius 1 is 0.702 bits per heavy atom. The Labute approximate surface area is 265 Å². The zero-order valence-electron chi connectivity index (χ0n) is 25.1. The number of fused-ring (bicyclic) bond motifs is 2. The largest absolute Gasteiger partial charge is 0.340 e. The van der Waals surface area contributed by atoms with Gasteiger partial charge < -0.3 is 19.8 Å². The van der Waals surface area contributed by atoms with E-state index < -0.39 is 0 Å². The van der Waals surface area contributed by atoms with E-state index in [2.05, 4.69) is 48.8 Å². The van der Waals surface area contributed by atoms with Gasteiger partial charge in [0.2, 0.25) is 11.6 Å². The second kappa shape index (κ2) is 9.40. The Balaban J connectivity index is 1.19. The summed E-state index contributed by atoms with van der Waals surface area (Å²) in [5.41, 5.74) is 7.27. The van der Waals surface area contributed by atoms with Gasteiger partial charge in [0.15, 0.2) is 5.82 Å². The summed E-state index contributed by atoms with van der Waals surface area (Å²) in [7, 11) is 3.91. The van der Waals surface area contributed by atoms with Crippen LogP contribution in [0.3, 0.4) is 0 Å². The first-order valence-electron chi connectivity index (χ1n) is 15.0. The van der Waals surface area contributed by atoms with E-state index in [1.165, 1.54) is 6.33 Å². The monoisotopic (exact) mass is 616 g/mol. The van der Waals surface area contributed by atoms with Crippen molar-refractivity contribution in [1.29, 1.82) is 0 Å². The molecule has 1 aliphatic rings. The van der Waals surface area contributed by atoms with E-state index in [0.717, 1.165) is 67.3 Å². The lowest BCUT2D eigenvalue weighted by Crippen LogP contribution is -2.12. The normalized spacial score (nSPS) is 14.3. The van der Waals surface area contributed by atoms with E-state index in [4.69, 9.17) is 19.9 Å². The first-order chi connectivity index (χ1) is 23.1. The van der Waals surface area contributed by atoms with Gasteiger partial charge in [0, 0.05) is 42.3 Å². The number of para-hydroxylation sites is 1. The molecular weight excluding hydrogens is 592 g/mol. The van der Waals surface area contributed by atoms with Gasteiger partial charge >= 0.3 is 0 Å². The Hall–Kier alpha value is -6.70. The van der Waals surface area contributed by atoms with Crippen LogP contribution in [0.4, 0.5) is 28.7 Å². The molecule has 0 saturated heterocycles. The van der Waals surface area contributed by atoms with Crippen LogP contribution in [-0.4, -0.2) is 59.2 Å². The SMILES string of the molecule is Cn1cncc1Nc1cccc2c1C(c1nc3ncnc4nc(-n5cnc6cccc(Nc7cncn7C)c65)c5ccc1c5n34)C=N2. The Kier molecular flexibility index (Phi) is 5.12. The number of imidazole rings is 3. The van der Waals surface area contributed by atoms with Gasteiger partial charge in [-0.15, -0.1) is 0 Å². The molecule has 0 fully saturated rings. The van der Waals surface area contributed by atoms with Crippen LogP contribution in [-0.2, 0) is 14.1 Å². The van der Waals surface area contributed by atoms with Gasteiger partial charge in [-0.1, -0.05) is 18.2 Å².